The lowest BCUT2D eigenvalue weighted by Gasteiger charge is -2.24. The van der Waals surface area contributed by atoms with Crippen LogP contribution in [0, 0.1) is 6.92 Å². The van der Waals surface area contributed by atoms with Crippen molar-refractivity contribution in [1.82, 2.24) is 0 Å². The number of hydrogen-bond acceptors (Lipinski definition) is 1. The van der Waals surface area contributed by atoms with Crippen molar-refractivity contribution in [2.24, 2.45) is 0 Å². The molecule has 0 unspecified atom stereocenters. The van der Waals surface area contributed by atoms with Crippen LogP contribution in [-0.2, 0) is 0 Å². The van der Waals surface area contributed by atoms with Gasteiger partial charge in [0.05, 0.1) is 0 Å². The van der Waals surface area contributed by atoms with Crippen LogP contribution in [0.25, 0.3) is 54.6 Å². The van der Waals surface area contributed by atoms with Crippen molar-refractivity contribution < 1.29 is 0 Å². The van der Waals surface area contributed by atoms with E-state index in [2.05, 4.69) is 158 Å². The standard InChI is InChI=1S/C38H29N/c1-26-32-16-8-9-17-33(32)34-18-10-11-19-35(34)38(26)28-20-22-31(23-21-28)39(2)37-25-30-15-7-6-14-29(30)24-36(37)27-12-4-3-5-13-27/h3-25H,1-2H3. The van der Waals surface area contributed by atoms with E-state index in [9.17, 15) is 0 Å². The van der Waals surface area contributed by atoms with Crippen molar-refractivity contribution in [1.29, 1.82) is 0 Å². The van der Waals surface area contributed by atoms with Crippen LogP contribution >= 0.6 is 0 Å². The molecule has 0 heterocycles. The van der Waals surface area contributed by atoms with Crippen LogP contribution in [0.3, 0.4) is 0 Å². The number of hydrogen-bond donors (Lipinski definition) is 0. The van der Waals surface area contributed by atoms with E-state index in [0.717, 1.165) is 5.69 Å². The maximum absolute atomic E-state index is 2.31. The molecule has 0 saturated heterocycles. The van der Waals surface area contributed by atoms with Gasteiger partial charge in [0.1, 0.15) is 0 Å². The molecule has 0 aliphatic rings. The van der Waals surface area contributed by atoms with Crippen LogP contribution in [0.4, 0.5) is 11.4 Å². The van der Waals surface area contributed by atoms with Gasteiger partial charge in [0.2, 0.25) is 0 Å². The molecule has 0 aromatic heterocycles. The molecular weight excluding hydrogens is 470 g/mol. The third-order valence-electron chi connectivity index (χ3n) is 8.05. The highest BCUT2D eigenvalue weighted by atomic mass is 15.1. The minimum atomic E-state index is 1.16. The molecule has 0 amide bonds. The third kappa shape index (κ3) is 3.95. The molecule has 0 saturated carbocycles. The number of benzene rings is 7. The zero-order valence-electron chi connectivity index (χ0n) is 22.2. The molecule has 1 nitrogen and oxygen atoms in total. The number of rotatable bonds is 4. The molecule has 0 fully saturated rings. The van der Waals surface area contributed by atoms with Crippen molar-refractivity contribution in [2.45, 2.75) is 6.92 Å². The van der Waals surface area contributed by atoms with Crippen molar-refractivity contribution in [2.75, 3.05) is 11.9 Å². The molecule has 0 spiro atoms. The topological polar surface area (TPSA) is 3.24 Å². The quantitative estimate of drug-likeness (QED) is 0.218. The Bertz CT molecular complexity index is 1970. The average Bonchev–Trinajstić information content (AvgIpc) is 3.01. The van der Waals surface area contributed by atoms with Crippen LogP contribution in [-0.4, -0.2) is 7.05 Å². The average molecular weight is 500 g/mol. The maximum Gasteiger partial charge on any atom is 0.0494 e. The van der Waals surface area contributed by atoms with Crippen LogP contribution in [0.1, 0.15) is 5.56 Å². The van der Waals surface area contributed by atoms with Gasteiger partial charge >= 0.3 is 0 Å². The maximum atomic E-state index is 2.31. The van der Waals surface area contributed by atoms with Crippen LogP contribution in [0.15, 0.2) is 140 Å². The first-order valence-corrected chi connectivity index (χ1v) is 13.5. The molecule has 0 atom stereocenters. The zero-order valence-corrected chi connectivity index (χ0v) is 22.2. The van der Waals surface area contributed by atoms with E-state index in [0.29, 0.717) is 0 Å². The fourth-order valence-corrected chi connectivity index (χ4v) is 6.04. The highest BCUT2D eigenvalue weighted by molar-refractivity contribution is 6.15. The SMILES string of the molecule is Cc1c(-c2ccc(N(C)c3cc4ccccc4cc3-c3ccccc3)cc2)c2ccccc2c2ccccc12. The first kappa shape index (κ1) is 23.3. The molecule has 7 aromatic carbocycles. The number of anilines is 2. The Hall–Kier alpha value is -4.88. The van der Waals surface area contributed by atoms with Gasteiger partial charge < -0.3 is 4.90 Å². The Balaban J connectivity index is 1.35. The Kier molecular flexibility index (Phi) is 5.64. The summed E-state index contributed by atoms with van der Waals surface area (Å²) in [6, 6.07) is 50.5. The summed E-state index contributed by atoms with van der Waals surface area (Å²) >= 11 is 0. The molecule has 0 aliphatic heterocycles. The fourth-order valence-electron chi connectivity index (χ4n) is 6.04. The smallest absolute Gasteiger partial charge is 0.0494 e. The van der Waals surface area contributed by atoms with Gasteiger partial charge in [-0.1, -0.05) is 115 Å². The minimum Gasteiger partial charge on any atom is -0.344 e. The summed E-state index contributed by atoms with van der Waals surface area (Å²) in [7, 11) is 2.17. The van der Waals surface area contributed by atoms with E-state index in [1.165, 1.54) is 65.8 Å². The van der Waals surface area contributed by atoms with Crippen LogP contribution < -0.4 is 4.90 Å². The van der Waals surface area contributed by atoms with Gasteiger partial charge in [-0.15, -0.1) is 0 Å². The molecule has 186 valence electrons. The molecule has 7 rings (SSSR count). The Labute approximate surface area is 229 Å². The lowest BCUT2D eigenvalue weighted by atomic mass is 9.88. The van der Waals surface area contributed by atoms with E-state index in [1.807, 2.05) is 0 Å². The monoisotopic (exact) mass is 499 g/mol. The van der Waals surface area contributed by atoms with E-state index < -0.39 is 0 Å². The summed E-state index contributed by atoms with van der Waals surface area (Å²) in [5.41, 5.74) is 8.69. The molecule has 0 aliphatic carbocycles. The lowest BCUT2D eigenvalue weighted by Crippen LogP contribution is -2.10. The molecule has 39 heavy (non-hydrogen) atoms. The van der Waals surface area contributed by atoms with Crippen molar-refractivity contribution in [3.05, 3.63) is 145 Å². The van der Waals surface area contributed by atoms with Gasteiger partial charge in [0.15, 0.2) is 0 Å². The van der Waals surface area contributed by atoms with E-state index in [4.69, 9.17) is 0 Å². The first-order chi connectivity index (χ1) is 19.2. The number of fused-ring (bicyclic) bond motifs is 4. The Morgan fingerprint density at radius 2 is 1.00 bits per heavy atom. The Morgan fingerprint density at radius 1 is 0.462 bits per heavy atom. The summed E-state index contributed by atoms with van der Waals surface area (Å²) in [5.74, 6) is 0. The van der Waals surface area contributed by atoms with E-state index in [1.54, 1.807) is 0 Å². The summed E-state index contributed by atoms with van der Waals surface area (Å²) in [6.07, 6.45) is 0. The van der Waals surface area contributed by atoms with Crippen molar-refractivity contribution >= 4 is 43.7 Å². The van der Waals surface area contributed by atoms with Gasteiger partial charge in [-0.2, -0.15) is 0 Å². The molecule has 0 N–H and O–H groups in total. The number of nitrogens with zero attached hydrogens (tertiary/aromatic N) is 1. The van der Waals surface area contributed by atoms with Crippen LogP contribution in [0.5, 0.6) is 0 Å². The van der Waals surface area contributed by atoms with Crippen molar-refractivity contribution in [3.63, 3.8) is 0 Å². The van der Waals surface area contributed by atoms with E-state index in [-0.39, 0.29) is 0 Å². The van der Waals surface area contributed by atoms with Gasteiger partial charge in [0, 0.05) is 24.0 Å². The van der Waals surface area contributed by atoms with Gasteiger partial charge in [-0.25, -0.2) is 0 Å². The molecule has 0 radical (unpaired) electrons. The second-order valence-electron chi connectivity index (χ2n) is 10.3. The predicted molar refractivity (Wildman–Crippen MR) is 169 cm³/mol. The second-order valence-corrected chi connectivity index (χ2v) is 10.3. The molecule has 7 aromatic rings. The normalized spacial score (nSPS) is 11.3. The summed E-state index contributed by atoms with van der Waals surface area (Å²) in [5, 5.41) is 7.73. The molecule has 1 heteroatoms. The summed E-state index contributed by atoms with van der Waals surface area (Å²) in [4.78, 5) is 2.31. The van der Waals surface area contributed by atoms with Gasteiger partial charge in [0.25, 0.3) is 0 Å². The predicted octanol–water partition coefficient (Wildman–Crippen LogP) is 10.6. The minimum absolute atomic E-state index is 1.16. The highest BCUT2D eigenvalue weighted by Gasteiger charge is 2.15. The summed E-state index contributed by atoms with van der Waals surface area (Å²) < 4.78 is 0. The fraction of sp³-hybridized carbons (Fsp3) is 0.0526. The molecule has 0 bridgehead atoms. The first-order valence-electron chi connectivity index (χ1n) is 13.5. The lowest BCUT2D eigenvalue weighted by molar-refractivity contribution is 1.21. The van der Waals surface area contributed by atoms with Gasteiger partial charge in [-0.3, -0.25) is 0 Å². The van der Waals surface area contributed by atoms with Crippen molar-refractivity contribution in [3.8, 4) is 22.3 Å². The van der Waals surface area contributed by atoms with E-state index >= 15 is 0 Å². The molecular formula is C38H29N. The van der Waals surface area contributed by atoms with Gasteiger partial charge in [-0.05, 0) is 85.8 Å². The number of aryl methyl sites for hydroxylation is 1. The third-order valence-corrected chi connectivity index (χ3v) is 8.05. The van der Waals surface area contributed by atoms with Crippen LogP contribution in [0.2, 0.25) is 0 Å². The Morgan fingerprint density at radius 3 is 1.69 bits per heavy atom. The summed E-state index contributed by atoms with van der Waals surface area (Å²) in [6.45, 7) is 2.26. The second kappa shape index (κ2) is 9.45. The zero-order chi connectivity index (χ0) is 26.3. The highest BCUT2D eigenvalue weighted by Crippen LogP contribution is 2.41. The largest absolute Gasteiger partial charge is 0.344 e.